The first-order valence-corrected chi connectivity index (χ1v) is 9.50. The van der Waals surface area contributed by atoms with Crippen LogP contribution in [0.2, 0.25) is 0 Å². The molecule has 3 aromatic carbocycles. The fourth-order valence-electron chi connectivity index (χ4n) is 3.12. The number of para-hydroxylation sites is 2. The molecular formula is C24H19N3O4. The fourth-order valence-corrected chi connectivity index (χ4v) is 3.12. The Balaban J connectivity index is 1.91. The van der Waals surface area contributed by atoms with Crippen LogP contribution in [-0.2, 0) is 4.74 Å². The second kappa shape index (κ2) is 8.23. The first kappa shape index (κ1) is 20.0. The quantitative estimate of drug-likeness (QED) is 0.478. The lowest BCUT2D eigenvalue weighted by atomic mass is 10.1. The van der Waals surface area contributed by atoms with E-state index in [1.54, 1.807) is 73.7 Å². The van der Waals surface area contributed by atoms with Gasteiger partial charge in [0.15, 0.2) is 17.5 Å². The Kier molecular flexibility index (Phi) is 5.32. The third-order valence-electron chi connectivity index (χ3n) is 4.82. The van der Waals surface area contributed by atoms with Crippen molar-refractivity contribution < 1.29 is 19.7 Å². The molecule has 1 heterocycles. The molecule has 1 aromatic heterocycles. The van der Waals surface area contributed by atoms with Crippen molar-refractivity contribution >= 4 is 5.97 Å². The van der Waals surface area contributed by atoms with Gasteiger partial charge in [0, 0.05) is 5.56 Å². The molecule has 0 fully saturated rings. The van der Waals surface area contributed by atoms with Crippen molar-refractivity contribution in [3.8, 4) is 45.7 Å². The van der Waals surface area contributed by atoms with Crippen LogP contribution in [0, 0.1) is 6.92 Å². The van der Waals surface area contributed by atoms with Gasteiger partial charge in [0.25, 0.3) is 0 Å². The van der Waals surface area contributed by atoms with Gasteiger partial charge in [-0.3, -0.25) is 0 Å². The summed E-state index contributed by atoms with van der Waals surface area (Å²) in [6.07, 6.45) is 0. The second-order valence-electron chi connectivity index (χ2n) is 6.86. The van der Waals surface area contributed by atoms with Gasteiger partial charge in [0.1, 0.15) is 11.5 Å². The maximum Gasteiger partial charge on any atom is 0.337 e. The van der Waals surface area contributed by atoms with Crippen molar-refractivity contribution in [3.63, 3.8) is 0 Å². The van der Waals surface area contributed by atoms with Gasteiger partial charge in [0.05, 0.1) is 23.8 Å². The zero-order valence-corrected chi connectivity index (χ0v) is 16.9. The van der Waals surface area contributed by atoms with Crippen molar-refractivity contribution in [3.05, 3.63) is 77.9 Å². The predicted octanol–water partition coefficient (Wildman–Crippen LogP) is 4.38. The average molecular weight is 413 g/mol. The van der Waals surface area contributed by atoms with E-state index in [4.69, 9.17) is 4.74 Å². The molecule has 0 spiro atoms. The highest BCUT2D eigenvalue weighted by Gasteiger charge is 2.17. The van der Waals surface area contributed by atoms with E-state index in [0.717, 1.165) is 0 Å². The number of esters is 1. The van der Waals surface area contributed by atoms with Crippen LogP contribution in [0.1, 0.15) is 15.9 Å². The maximum absolute atomic E-state index is 11.7. The lowest BCUT2D eigenvalue weighted by molar-refractivity contribution is 0.0600. The van der Waals surface area contributed by atoms with Crippen LogP contribution >= 0.6 is 0 Å². The predicted molar refractivity (Wildman–Crippen MR) is 116 cm³/mol. The van der Waals surface area contributed by atoms with Gasteiger partial charge in [-0.1, -0.05) is 36.4 Å². The number of aryl methyl sites for hydroxylation is 1. The number of carbonyl (C=O) groups excluding carboxylic acids is 1. The zero-order valence-electron chi connectivity index (χ0n) is 16.9. The Morgan fingerprint density at radius 3 is 2.06 bits per heavy atom. The molecule has 4 rings (SSSR count). The average Bonchev–Trinajstić information content (AvgIpc) is 2.80. The van der Waals surface area contributed by atoms with Crippen LogP contribution in [0.5, 0.6) is 11.5 Å². The highest BCUT2D eigenvalue weighted by Crippen LogP contribution is 2.33. The van der Waals surface area contributed by atoms with Crippen LogP contribution in [0.15, 0.2) is 66.7 Å². The van der Waals surface area contributed by atoms with Crippen molar-refractivity contribution in [2.75, 3.05) is 7.11 Å². The Morgan fingerprint density at radius 1 is 0.774 bits per heavy atom. The lowest BCUT2D eigenvalue weighted by Gasteiger charge is -2.11. The van der Waals surface area contributed by atoms with E-state index in [2.05, 4.69) is 15.0 Å². The summed E-state index contributed by atoms with van der Waals surface area (Å²) in [7, 11) is 1.32. The molecule has 0 bridgehead atoms. The summed E-state index contributed by atoms with van der Waals surface area (Å²) < 4.78 is 4.74. The molecule has 0 saturated heterocycles. The third-order valence-corrected chi connectivity index (χ3v) is 4.82. The molecule has 2 N–H and O–H groups in total. The van der Waals surface area contributed by atoms with E-state index in [9.17, 15) is 15.0 Å². The summed E-state index contributed by atoms with van der Waals surface area (Å²) in [6.45, 7) is 1.79. The molecule has 0 amide bonds. The molecule has 0 saturated carbocycles. The number of carbonyl (C=O) groups is 1. The number of aromatic nitrogens is 3. The van der Waals surface area contributed by atoms with Crippen molar-refractivity contribution in [2.24, 2.45) is 0 Å². The first-order chi connectivity index (χ1) is 15.0. The second-order valence-corrected chi connectivity index (χ2v) is 6.86. The molecule has 0 radical (unpaired) electrons. The van der Waals surface area contributed by atoms with E-state index >= 15 is 0 Å². The van der Waals surface area contributed by atoms with Crippen molar-refractivity contribution in [1.82, 2.24) is 15.0 Å². The van der Waals surface area contributed by atoms with Gasteiger partial charge in [-0.15, -0.1) is 0 Å². The number of hydrogen-bond acceptors (Lipinski definition) is 7. The Morgan fingerprint density at radius 2 is 1.39 bits per heavy atom. The summed E-state index contributed by atoms with van der Waals surface area (Å²) in [5.74, 6) is 0.518. The number of benzene rings is 3. The maximum atomic E-state index is 11.7. The Hall–Kier alpha value is -4.26. The largest absolute Gasteiger partial charge is 0.507 e. The number of phenolic OH excluding ortho intramolecular Hbond substituents is 2. The van der Waals surface area contributed by atoms with Crippen LogP contribution in [0.4, 0.5) is 0 Å². The summed E-state index contributed by atoms with van der Waals surface area (Å²) in [5, 5.41) is 20.9. The highest BCUT2D eigenvalue weighted by molar-refractivity contribution is 5.89. The highest BCUT2D eigenvalue weighted by atomic mass is 16.5. The normalized spacial score (nSPS) is 10.6. The molecule has 31 heavy (non-hydrogen) atoms. The number of ether oxygens (including phenoxy) is 1. The van der Waals surface area contributed by atoms with Crippen LogP contribution < -0.4 is 0 Å². The van der Waals surface area contributed by atoms with Crippen molar-refractivity contribution in [2.45, 2.75) is 6.92 Å². The molecule has 0 aliphatic rings. The summed E-state index contributed by atoms with van der Waals surface area (Å²) in [5.41, 5.74) is 2.61. The van der Waals surface area contributed by atoms with E-state index in [-0.39, 0.29) is 23.1 Å². The van der Waals surface area contributed by atoms with Crippen LogP contribution in [0.3, 0.4) is 0 Å². The Labute approximate surface area is 178 Å². The summed E-state index contributed by atoms with van der Waals surface area (Å²) in [4.78, 5) is 25.3. The molecule has 7 heteroatoms. The van der Waals surface area contributed by atoms with Gasteiger partial charge >= 0.3 is 5.97 Å². The SMILES string of the molecule is COC(=O)c1ccc(-c2nc(-c3ccccc3O)nc(-c3cccc(C)c3O)n2)cc1. The van der Waals surface area contributed by atoms with Crippen LogP contribution in [-0.4, -0.2) is 38.2 Å². The van der Waals surface area contributed by atoms with Gasteiger partial charge in [-0.25, -0.2) is 19.7 Å². The van der Waals surface area contributed by atoms with Crippen LogP contribution in [0.25, 0.3) is 34.2 Å². The molecule has 4 aromatic rings. The third kappa shape index (κ3) is 3.93. The summed E-state index contributed by atoms with van der Waals surface area (Å²) >= 11 is 0. The minimum atomic E-state index is -0.442. The monoisotopic (exact) mass is 413 g/mol. The molecule has 7 nitrogen and oxygen atoms in total. The van der Waals surface area contributed by atoms with E-state index < -0.39 is 5.97 Å². The van der Waals surface area contributed by atoms with Gasteiger partial charge in [0.2, 0.25) is 0 Å². The van der Waals surface area contributed by atoms with Gasteiger partial charge < -0.3 is 14.9 Å². The lowest BCUT2D eigenvalue weighted by Crippen LogP contribution is -2.02. The number of phenols is 2. The molecular weight excluding hydrogens is 394 g/mol. The van der Waals surface area contributed by atoms with E-state index in [0.29, 0.717) is 33.6 Å². The van der Waals surface area contributed by atoms with E-state index in [1.807, 2.05) is 0 Å². The standard InChI is InChI=1S/C24H19N3O4/c1-14-6-5-8-18(20(14)29)23-26-21(15-10-12-16(13-11-15)24(30)31-2)25-22(27-23)17-7-3-4-9-19(17)28/h3-13,28-29H,1-2H3. The minimum Gasteiger partial charge on any atom is -0.507 e. The molecule has 0 aliphatic carbocycles. The van der Waals surface area contributed by atoms with Gasteiger partial charge in [-0.05, 0) is 42.8 Å². The van der Waals surface area contributed by atoms with E-state index in [1.165, 1.54) is 7.11 Å². The smallest absolute Gasteiger partial charge is 0.337 e. The molecule has 0 unspecified atom stereocenters. The first-order valence-electron chi connectivity index (χ1n) is 9.50. The fraction of sp³-hybridized carbons (Fsp3) is 0.0833. The number of methoxy groups -OCH3 is 1. The minimum absolute atomic E-state index is 0.0279. The van der Waals surface area contributed by atoms with Crippen molar-refractivity contribution in [1.29, 1.82) is 0 Å². The number of aromatic hydroxyl groups is 2. The number of rotatable bonds is 4. The topological polar surface area (TPSA) is 105 Å². The summed E-state index contributed by atoms with van der Waals surface area (Å²) in [6, 6.07) is 18.7. The molecule has 154 valence electrons. The van der Waals surface area contributed by atoms with Gasteiger partial charge in [-0.2, -0.15) is 0 Å². The number of hydrogen-bond donors (Lipinski definition) is 2. The molecule has 0 aliphatic heterocycles. The Bertz CT molecular complexity index is 1270. The number of nitrogens with zero attached hydrogens (tertiary/aromatic N) is 3. The zero-order chi connectivity index (χ0) is 22.0. The molecule has 0 atom stereocenters.